The standard InChI is InChI=1S/C19H11ClF3N3.C19H10F5N3/c20-16-12(10-4-2-1-3-5-10)9-13-18(17(16)23)25-26-19(13)24-11-6-7-14(21)15(22)8-11;20-13-14(21)16(23)18(17(24)15(13)22)27-12-7-6-10(8-11(12)19(25)26-27)9-4-2-1-3-5-9/h1-9H,(H2,24,25,26);1-8H,(H2,25,26). The number of aromatic nitrogens is 4. The van der Waals surface area contributed by atoms with Crippen LogP contribution in [0.2, 0.25) is 5.02 Å². The smallest absolute Gasteiger partial charge is 0.200 e. The Morgan fingerprint density at radius 1 is 0.604 bits per heavy atom. The molecule has 0 radical (unpaired) electrons. The quantitative estimate of drug-likeness (QED) is 0.0929. The number of nitrogens with two attached hydrogens (primary N) is 1. The first kappa shape index (κ1) is 35.0. The molecule has 0 spiro atoms. The van der Waals surface area contributed by atoms with Gasteiger partial charge in [0, 0.05) is 28.1 Å². The van der Waals surface area contributed by atoms with Crippen LogP contribution in [0.25, 0.3) is 49.7 Å². The van der Waals surface area contributed by atoms with Crippen molar-refractivity contribution in [3.63, 3.8) is 0 Å². The second-order valence-corrected chi connectivity index (χ2v) is 11.9. The van der Waals surface area contributed by atoms with Crippen LogP contribution in [0.15, 0.2) is 103 Å². The number of H-pyrrole nitrogens is 1. The Morgan fingerprint density at radius 3 is 1.87 bits per heavy atom. The summed E-state index contributed by atoms with van der Waals surface area (Å²) in [7, 11) is 0. The van der Waals surface area contributed by atoms with E-state index in [1.54, 1.807) is 18.2 Å². The number of rotatable bonds is 5. The largest absolute Gasteiger partial charge is 0.382 e. The molecule has 2 aromatic heterocycles. The molecule has 0 aliphatic heterocycles. The van der Waals surface area contributed by atoms with Gasteiger partial charge in [-0.25, -0.2) is 39.8 Å². The Bertz CT molecular complexity index is 2640. The van der Waals surface area contributed by atoms with Gasteiger partial charge in [0.25, 0.3) is 0 Å². The molecule has 0 aliphatic rings. The van der Waals surface area contributed by atoms with E-state index in [0.29, 0.717) is 21.0 Å². The number of nitrogens with one attached hydrogen (secondary N) is 2. The number of hydrogen-bond donors (Lipinski definition) is 3. The van der Waals surface area contributed by atoms with Crippen molar-refractivity contribution >= 4 is 50.7 Å². The highest BCUT2D eigenvalue weighted by Crippen LogP contribution is 2.38. The van der Waals surface area contributed by atoms with E-state index in [1.807, 2.05) is 60.7 Å². The van der Waals surface area contributed by atoms with Crippen molar-refractivity contribution in [2.45, 2.75) is 0 Å². The first-order valence-corrected chi connectivity index (χ1v) is 15.8. The van der Waals surface area contributed by atoms with Crippen LogP contribution in [-0.2, 0) is 0 Å². The highest BCUT2D eigenvalue weighted by molar-refractivity contribution is 6.34. The summed E-state index contributed by atoms with van der Waals surface area (Å²) in [4.78, 5) is 0. The minimum Gasteiger partial charge on any atom is -0.382 e. The molecule has 266 valence electrons. The minimum absolute atomic E-state index is 0.0215. The van der Waals surface area contributed by atoms with E-state index in [4.69, 9.17) is 17.3 Å². The zero-order chi connectivity index (χ0) is 37.6. The first-order valence-electron chi connectivity index (χ1n) is 15.4. The summed E-state index contributed by atoms with van der Waals surface area (Å²) in [5, 5.41) is 14.0. The van der Waals surface area contributed by atoms with Crippen LogP contribution < -0.4 is 11.1 Å². The highest BCUT2D eigenvalue weighted by Gasteiger charge is 2.29. The number of halogens is 9. The normalized spacial score (nSPS) is 11.2. The average Bonchev–Trinajstić information content (AvgIpc) is 3.73. The van der Waals surface area contributed by atoms with Crippen molar-refractivity contribution in [2.75, 3.05) is 11.1 Å². The van der Waals surface area contributed by atoms with Gasteiger partial charge in [-0.1, -0.05) is 78.3 Å². The van der Waals surface area contributed by atoms with Crippen molar-refractivity contribution in [1.29, 1.82) is 0 Å². The van der Waals surface area contributed by atoms with Crippen molar-refractivity contribution in [1.82, 2.24) is 20.0 Å². The van der Waals surface area contributed by atoms with Gasteiger partial charge >= 0.3 is 0 Å². The highest BCUT2D eigenvalue weighted by atomic mass is 35.5. The number of aromatic amines is 1. The lowest BCUT2D eigenvalue weighted by Gasteiger charge is -2.09. The molecule has 0 bridgehead atoms. The SMILES string of the molecule is Fc1ccc(Nc2n[nH]c3c(F)c(Cl)c(-c4ccccc4)cc23)cc1F.Nc1nn(-c2c(F)c(F)c(F)c(F)c2F)c2ccc(-c3ccccc3)cc12. The van der Waals surface area contributed by atoms with E-state index in [1.165, 1.54) is 12.1 Å². The van der Waals surface area contributed by atoms with Gasteiger partial charge in [-0.05, 0) is 47.0 Å². The molecular formula is C38H21ClF8N6. The molecule has 0 unspecified atom stereocenters. The number of hydrogen-bond acceptors (Lipinski definition) is 4. The molecule has 0 amide bonds. The molecule has 15 heteroatoms. The van der Waals surface area contributed by atoms with E-state index in [-0.39, 0.29) is 33.4 Å². The van der Waals surface area contributed by atoms with E-state index in [0.717, 1.165) is 28.8 Å². The van der Waals surface area contributed by atoms with E-state index in [9.17, 15) is 35.1 Å². The van der Waals surface area contributed by atoms with Gasteiger partial charge in [-0.2, -0.15) is 5.10 Å². The van der Waals surface area contributed by atoms with Gasteiger partial charge in [-0.15, -0.1) is 5.10 Å². The summed E-state index contributed by atoms with van der Waals surface area (Å²) in [6, 6.07) is 28.1. The maximum atomic E-state index is 14.7. The molecule has 6 aromatic carbocycles. The number of benzene rings is 6. The average molecular weight is 749 g/mol. The van der Waals surface area contributed by atoms with Crippen LogP contribution in [0.4, 0.5) is 52.4 Å². The van der Waals surface area contributed by atoms with Gasteiger partial charge in [0.2, 0.25) is 5.82 Å². The molecule has 2 heterocycles. The second-order valence-electron chi connectivity index (χ2n) is 11.5. The zero-order valence-corrected chi connectivity index (χ0v) is 27.4. The molecule has 0 saturated heterocycles. The third-order valence-electron chi connectivity index (χ3n) is 8.22. The van der Waals surface area contributed by atoms with Crippen molar-refractivity contribution in [2.24, 2.45) is 0 Å². The van der Waals surface area contributed by atoms with Crippen LogP contribution in [0.5, 0.6) is 0 Å². The summed E-state index contributed by atoms with van der Waals surface area (Å²) < 4.78 is 110. The lowest BCUT2D eigenvalue weighted by Crippen LogP contribution is -2.10. The summed E-state index contributed by atoms with van der Waals surface area (Å²) in [5.41, 5.74) is 8.04. The fourth-order valence-corrected chi connectivity index (χ4v) is 5.89. The maximum Gasteiger partial charge on any atom is 0.200 e. The van der Waals surface area contributed by atoms with E-state index >= 15 is 0 Å². The molecule has 6 nitrogen and oxygen atoms in total. The number of anilines is 3. The van der Waals surface area contributed by atoms with Crippen LogP contribution in [0.1, 0.15) is 0 Å². The molecule has 0 saturated carbocycles. The molecule has 0 fully saturated rings. The number of nitrogens with zero attached hydrogens (tertiary/aromatic N) is 3. The minimum atomic E-state index is -2.23. The van der Waals surface area contributed by atoms with Crippen LogP contribution in [0.3, 0.4) is 0 Å². The molecular weight excluding hydrogens is 728 g/mol. The summed E-state index contributed by atoms with van der Waals surface area (Å²) in [6.07, 6.45) is 0. The Balaban J connectivity index is 0.000000164. The number of nitrogen functional groups attached to an aromatic ring is 1. The summed E-state index contributed by atoms with van der Waals surface area (Å²) in [6.45, 7) is 0. The Kier molecular flexibility index (Phi) is 9.22. The third-order valence-corrected chi connectivity index (χ3v) is 8.59. The topological polar surface area (TPSA) is 84.6 Å². The molecule has 8 aromatic rings. The Hall–Kier alpha value is -6.41. The molecule has 0 aliphatic carbocycles. The van der Waals surface area contributed by atoms with Gasteiger partial charge in [0.05, 0.1) is 10.5 Å². The Morgan fingerprint density at radius 2 is 1.23 bits per heavy atom. The third kappa shape index (κ3) is 6.37. The molecule has 8 rings (SSSR count). The van der Waals surface area contributed by atoms with Crippen molar-refractivity contribution in [3.8, 4) is 27.9 Å². The van der Waals surface area contributed by atoms with E-state index < -0.39 is 52.2 Å². The second kappa shape index (κ2) is 14.0. The van der Waals surface area contributed by atoms with Crippen molar-refractivity contribution < 1.29 is 35.1 Å². The van der Waals surface area contributed by atoms with Gasteiger partial charge in [0.15, 0.2) is 52.4 Å². The maximum absolute atomic E-state index is 14.7. The summed E-state index contributed by atoms with van der Waals surface area (Å²) >= 11 is 6.18. The lowest BCUT2D eigenvalue weighted by atomic mass is 10.0. The van der Waals surface area contributed by atoms with Crippen LogP contribution >= 0.6 is 11.6 Å². The van der Waals surface area contributed by atoms with E-state index in [2.05, 4.69) is 20.6 Å². The molecule has 0 atom stereocenters. The molecule has 4 N–H and O–H groups in total. The fraction of sp³-hybridized carbons (Fsp3) is 0. The monoisotopic (exact) mass is 748 g/mol. The van der Waals surface area contributed by atoms with Gasteiger partial charge in [-0.3, -0.25) is 5.10 Å². The van der Waals surface area contributed by atoms with Gasteiger partial charge < -0.3 is 11.1 Å². The molecule has 53 heavy (non-hydrogen) atoms. The lowest BCUT2D eigenvalue weighted by molar-refractivity contribution is 0.374. The first-order chi connectivity index (χ1) is 25.4. The van der Waals surface area contributed by atoms with Crippen LogP contribution in [-0.4, -0.2) is 20.0 Å². The predicted molar refractivity (Wildman–Crippen MR) is 187 cm³/mol. The fourth-order valence-electron chi connectivity index (χ4n) is 5.63. The van der Waals surface area contributed by atoms with Crippen molar-refractivity contribution in [3.05, 3.63) is 155 Å². The predicted octanol–water partition coefficient (Wildman–Crippen LogP) is 11.0. The summed E-state index contributed by atoms with van der Waals surface area (Å²) in [5.74, 6) is -12.7. The van der Waals surface area contributed by atoms with Crippen LogP contribution in [0, 0.1) is 46.5 Å². The number of fused-ring (bicyclic) bond motifs is 2. The Labute approximate surface area is 299 Å². The van der Waals surface area contributed by atoms with Gasteiger partial charge in [0.1, 0.15) is 11.2 Å². The zero-order valence-electron chi connectivity index (χ0n) is 26.6.